The Labute approximate surface area is 143 Å². The lowest BCUT2D eigenvalue weighted by Gasteiger charge is -2.32. The summed E-state index contributed by atoms with van der Waals surface area (Å²) in [5, 5.41) is 0. The van der Waals surface area contributed by atoms with Crippen LogP contribution in [0.15, 0.2) is 41.0 Å². The van der Waals surface area contributed by atoms with Crippen LogP contribution in [0.5, 0.6) is 5.88 Å². The molecule has 1 aromatic heterocycles. The normalized spacial score (nSPS) is 17.8. The average molecular weight is 376 g/mol. The van der Waals surface area contributed by atoms with Crippen LogP contribution in [0.25, 0.3) is 0 Å². The minimum atomic E-state index is -0.0375. The van der Waals surface area contributed by atoms with E-state index in [9.17, 15) is 4.79 Å². The van der Waals surface area contributed by atoms with Crippen molar-refractivity contribution < 1.29 is 9.53 Å². The third kappa shape index (κ3) is 3.88. The number of benzene rings is 1. The quantitative estimate of drug-likeness (QED) is 0.826. The highest BCUT2D eigenvalue weighted by Gasteiger charge is 2.26. The van der Waals surface area contributed by atoms with Gasteiger partial charge in [0.2, 0.25) is 5.88 Å². The molecule has 23 heavy (non-hydrogen) atoms. The largest absolute Gasteiger partial charge is 0.472 e. The number of hydrogen-bond acceptors (Lipinski definition) is 4. The van der Waals surface area contributed by atoms with Crippen LogP contribution < -0.4 is 4.74 Å². The standard InChI is InChI=1S/C17H18BrN3O2/c1-12-19-9-8-16(20-12)23-13-5-4-10-21(11-13)17(22)14-6-2-3-7-15(14)18/h2-3,6-9,13H,4-5,10-11H2,1H3/t13-/m0/s1. The van der Waals surface area contributed by atoms with Crippen LogP contribution >= 0.6 is 15.9 Å². The molecule has 0 aliphatic carbocycles. The lowest BCUT2D eigenvalue weighted by Crippen LogP contribution is -2.44. The second-order valence-electron chi connectivity index (χ2n) is 5.56. The van der Waals surface area contributed by atoms with Gasteiger partial charge in [0.25, 0.3) is 5.91 Å². The lowest BCUT2D eigenvalue weighted by molar-refractivity contribution is 0.0526. The molecular weight excluding hydrogens is 358 g/mol. The van der Waals surface area contributed by atoms with Gasteiger partial charge in [0, 0.05) is 23.3 Å². The van der Waals surface area contributed by atoms with Gasteiger partial charge in [-0.3, -0.25) is 4.79 Å². The molecule has 1 amide bonds. The maximum absolute atomic E-state index is 12.7. The van der Waals surface area contributed by atoms with Gasteiger partial charge >= 0.3 is 0 Å². The molecule has 0 unspecified atom stereocenters. The second kappa shape index (κ2) is 7.08. The van der Waals surface area contributed by atoms with Crippen LogP contribution in [0, 0.1) is 6.92 Å². The van der Waals surface area contributed by atoms with Crippen molar-refractivity contribution in [1.29, 1.82) is 0 Å². The maximum Gasteiger partial charge on any atom is 0.255 e. The van der Waals surface area contributed by atoms with Gasteiger partial charge in [0.1, 0.15) is 11.9 Å². The molecule has 0 spiro atoms. The molecule has 2 aromatic rings. The molecule has 1 atom stereocenters. The molecule has 6 heteroatoms. The van der Waals surface area contributed by atoms with Gasteiger partial charge in [0.15, 0.2) is 0 Å². The van der Waals surface area contributed by atoms with Crippen LogP contribution in [0.3, 0.4) is 0 Å². The average Bonchev–Trinajstić information content (AvgIpc) is 2.55. The number of hydrogen-bond donors (Lipinski definition) is 0. The molecule has 0 radical (unpaired) electrons. The fraction of sp³-hybridized carbons (Fsp3) is 0.353. The Morgan fingerprint density at radius 2 is 2.17 bits per heavy atom. The van der Waals surface area contributed by atoms with Gasteiger partial charge in [-0.05, 0) is 47.8 Å². The van der Waals surface area contributed by atoms with E-state index in [1.54, 1.807) is 12.3 Å². The van der Waals surface area contributed by atoms with Gasteiger partial charge in [-0.2, -0.15) is 4.98 Å². The van der Waals surface area contributed by atoms with E-state index >= 15 is 0 Å². The summed E-state index contributed by atoms with van der Waals surface area (Å²) in [6, 6.07) is 9.25. The van der Waals surface area contributed by atoms with E-state index in [0.717, 1.165) is 23.9 Å². The Hall–Kier alpha value is -1.95. The molecule has 2 heterocycles. The minimum absolute atomic E-state index is 0.0321. The van der Waals surface area contributed by atoms with Gasteiger partial charge in [-0.1, -0.05) is 12.1 Å². The summed E-state index contributed by atoms with van der Waals surface area (Å²) in [5.74, 6) is 1.28. The Morgan fingerprint density at radius 3 is 2.96 bits per heavy atom. The summed E-state index contributed by atoms with van der Waals surface area (Å²) in [6.07, 6.45) is 3.49. The van der Waals surface area contributed by atoms with Crippen molar-refractivity contribution in [3.05, 3.63) is 52.4 Å². The van der Waals surface area contributed by atoms with Crippen LogP contribution in [-0.4, -0.2) is 40.0 Å². The first kappa shape index (κ1) is 15.9. The number of rotatable bonds is 3. The molecule has 5 nitrogen and oxygen atoms in total. The van der Waals surface area contributed by atoms with Crippen molar-refractivity contribution in [1.82, 2.24) is 14.9 Å². The molecule has 1 aromatic carbocycles. The predicted octanol–water partition coefficient (Wildman–Crippen LogP) is 3.23. The highest BCUT2D eigenvalue weighted by Crippen LogP contribution is 2.22. The Balaban J connectivity index is 1.68. The zero-order chi connectivity index (χ0) is 16.2. The molecular formula is C17H18BrN3O2. The number of amides is 1. The van der Waals surface area contributed by atoms with Crippen molar-refractivity contribution in [2.24, 2.45) is 0 Å². The van der Waals surface area contributed by atoms with Gasteiger partial charge in [-0.25, -0.2) is 4.98 Å². The first-order chi connectivity index (χ1) is 11.1. The van der Waals surface area contributed by atoms with Gasteiger partial charge in [-0.15, -0.1) is 0 Å². The van der Waals surface area contributed by atoms with E-state index in [1.807, 2.05) is 36.1 Å². The highest BCUT2D eigenvalue weighted by atomic mass is 79.9. The van der Waals surface area contributed by atoms with Gasteiger partial charge in [0.05, 0.1) is 12.1 Å². The number of piperidine rings is 1. The summed E-state index contributed by atoms with van der Waals surface area (Å²) >= 11 is 3.44. The molecule has 1 saturated heterocycles. The van der Waals surface area contributed by atoms with Gasteiger partial charge < -0.3 is 9.64 Å². The van der Waals surface area contributed by atoms with Crippen molar-refractivity contribution in [2.45, 2.75) is 25.9 Å². The van der Waals surface area contributed by atoms with Crippen molar-refractivity contribution in [3.8, 4) is 5.88 Å². The van der Waals surface area contributed by atoms with Crippen LogP contribution in [0.1, 0.15) is 29.0 Å². The van der Waals surface area contributed by atoms with Crippen LogP contribution in [0.2, 0.25) is 0 Å². The first-order valence-electron chi connectivity index (χ1n) is 7.63. The van der Waals surface area contributed by atoms with E-state index < -0.39 is 0 Å². The maximum atomic E-state index is 12.7. The summed E-state index contributed by atoms with van der Waals surface area (Å²) < 4.78 is 6.74. The first-order valence-corrected chi connectivity index (χ1v) is 8.43. The number of ether oxygens (including phenoxy) is 1. The van der Waals surface area contributed by atoms with E-state index in [4.69, 9.17) is 4.74 Å². The monoisotopic (exact) mass is 375 g/mol. The third-order valence-corrected chi connectivity index (χ3v) is 4.50. The number of nitrogens with zero attached hydrogens (tertiary/aromatic N) is 3. The Morgan fingerprint density at radius 1 is 1.35 bits per heavy atom. The summed E-state index contributed by atoms with van der Waals surface area (Å²) in [7, 11) is 0. The zero-order valence-corrected chi connectivity index (χ0v) is 14.5. The van der Waals surface area contributed by atoms with E-state index in [-0.39, 0.29) is 12.0 Å². The topological polar surface area (TPSA) is 55.3 Å². The fourth-order valence-corrected chi connectivity index (χ4v) is 3.15. The second-order valence-corrected chi connectivity index (χ2v) is 6.41. The molecule has 1 aliphatic heterocycles. The van der Waals surface area contributed by atoms with Crippen molar-refractivity contribution >= 4 is 21.8 Å². The summed E-state index contributed by atoms with van der Waals surface area (Å²) in [4.78, 5) is 22.9. The number of halogens is 1. The molecule has 3 rings (SSSR count). The molecule has 120 valence electrons. The lowest BCUT2D eigenvalue weighted by atomic mass is 10.1. The van der Waals surface area contributed by atoms with E-state index in [1.165, 1.54) is 0 Å². The predicted molar refractivity (Wildman–Crippen MR) is 90.5 cm³/mol. The van der Waals surface area contributed by atoms with Crippen molar-refractivity contribution in [2.75, 3.05) is 13.1 Å². The minimum Gasteiger partial charge on any atom is -0.472 e. The molecule has 1 fully saturated rings. The van der Waals surface area contributed by atoms with Crippen molar-refractivity contribution in [3.63, 3.8) is 0 Å². The molecule has 0 saturated carbocycles. The zero-order valence-electron chi connectivity index (χ0n) is 12.9. The number of aromatic nitrogens is 2. The van der Waals surface area contributed by atoms with E-state index in [2.05, 4.69) is 25.9 Å². The number of carbonyl (C=O) groups is 1. The smallest absolute Gasteiger partial charge is 0.255 e. The molecule has 1 aliphatic rings. The SMILES string of the molecule is Cc1nccc(O[C@H]2CCCN(C(=O)c3ccccc3Br)C2)n1. The van der Waals surface area contributed by atoms with E-state index in [0.29, 0.717) is 23.8 Å². The number of carbonyl (C=O) groups excluding carboxylic acids is 1. The Kier molecular flexibility index (Phi) is 4.91. The summed E-state index contributed by atoms with van der Waals surface area (Å²) in [6.45, 7) is 3.16. The van der Waals surface area contributed by atoms with Crippen LogP contribution in [0.4, 0.5) is 0 Å². The molecule has 0 bridgehead atoms. The third-order valence-electron chi connectivity index (χ3n) is 3.81. The fourth-order valence-electron chi connectivity index (χ4n) is 2.69. The highest BCUT2D eigenvalue weighted by molar-refractivity contribution is 9.10. The summed E-state index contributed by atoms with van der Waals surface area (Å²) in [5.41, 5.74) is 0.686. The Bertz CT molecular complexity index is 708. The number of likely N-dealkylation sites (tertiary alicyclic amines) is 1. The number of aryl methyl sites for hydroxylation is 1. The van der Waals surface area contributed by atoms with Crippen LogP contribution in [-0.2, 0) is 0 Å². The molecule has 0 N–H and O–H groups in total.